The topological polar surface area (TPSA) is 102 Å². The Morgan fingerprint density at radius 1 is 1.24 bits per heavy atom. The highest BCUT2D eigenvalue weighted by molar-refractivity contribution is 6.05. The summed E-state index contributed by atoms with van der Waals surface area (Å²) in [6, 6.07) is 6.97. The first kappa shape index (κ1) is 18.9. The summed E-state index contributed by atoms with van der Waals surface area (Å²) >= 11 is 0. The minimum absolute atomic E-state index is 0.112. The van der Waals surface area contributed by atoms with Crippen molar-refractivity contribution in [3.05, 3.63) is 59.4 Å². The van der Waals surface area contributed by atoms with E-state index in [1.165, 1.54) is 18.4 Å². The van der Waals surface area contributed by atoms with Crippen LogP contribution in [0.5, 0.6) is 0 Å². The molecule has 1 aliphatic rings. The SMILES string of the molecule is Cc1cc(NC(=O)c2nc(C(=O)NCCC3=CCCCC3)c3ccccn23)no1. The normalized spacial score (nSPS) is 13.9. The molecule has 3 heterocycles. The molecule has 3 aromatic rings. The molecule has 29 heavy (non-hydrogen) atoms. The van der Waals surface area contributed by atoms with Crippen molar-refractivity contribution in [2.75, 3.05) is 11.9 Å². The summed E-state index contributed by atoms with van der Waals surface area (Å²) in [5.74, 6) is 0.238. The maximum absolute atomic E-state index is 12.7. The average molecular weight is 393 g/mol. The number of anilines is 1. The fourth-order valence-corrected chi connectivity index (χ4v) is 3.51. The molecule has 2 N–H and O–H groups in total. The molecule has 0 bridgehead atoms. The number of hydrogen-bond acceptors (Lipinski definition) is 5. The van der Waals surface area contributed by atoms with Gasteiger partial charge in [-0.15, -0.1) is 0 Å². The number of nitrogens with one attached hydrogen (secondary N) is 2. The van der Waals surface area contributed by atoms with E-state index in [-0.39, 0.29) is 17.4 Å². The van der Waals surface area contributed by atoms with Gasteiger partial charge in [-0.05, 0) is 51.2 Å². The highest BCUT2D eigenvalue weighted by Gasteiger charge is 2.22. The summed E-state index contributed by atoms with van der Waals surface area (Å²) in [6.07, 6.45) is 9.51. The predicted octanol–water partition coefficient (Wildman–Crippen LogP) is 3.50. The summed E-state index contributed by atoms with van der Waals surface area (Å²) in [5.41, 5.74) is 2.20. The van der Waals surface area contributed by atoms with Crippen LogP contribution in [-0.4, -0.2) is 32.9 Å². The van der Waals surface area contributed by atoms with Crippen molar-refractivity contribution in [2.24, 2.45) is 0 Å². The summed E-state index contributed by atoms with van der Waals surface area (Å²) in [4.78, 5) is 29.7. The van der Waals surface area contributed by atoms with Crippen LogP contribution >= 0.6 is 0 Å². The van der Waals surface area contributed by atoms with E-state index in [0.29, 0.717) is 23.6 Å². The molecule has 0 radical (unpaired) electrons. The summed E-state index contributed by atoms with van der Waals surface area (Å²) in [7, 11) is 0. The molecule has 0 saturated heterocycles. The smallest absolute Gasteiger partial charge is 0.293 e. The standard InChI is InChI=1S/C21H23N5O3/c1-14-13-17(25-29-14)23-21(28)19-24-18(16-9-5-6-12-26(16)19)20(27)22-11-10-15-7-3-2-4-8-15/h5-7,9,12-13H,2-4,8,10-11H2,1H3,(H,22,27)(H,23,25,28). The maximum atomic E-state index is 12.7. The predicted molar refractivity (Wildman–Crippen MR) is 108 cm³/mol. The van der Waals surface area contributed by atoms with Crippen molar-refractivity contribution in [1.29, 1.82) is 0 Å². The van der Waals surface area contributed by atoms with Gasteiger partial charge in [0.25, 0.3) is 11.8 Å². The molecule has 4 rings (SSSR count). The average Bonchev–Trinajstić information content (AvgIpc) is 3.32. The second-order valence-electron chi connectivity index (χ2n) is 7.13. The van der Waals surface area contributed by atoms with E-state index in [9.17, 15) is 9.59 Å². The lowest BCUT2D eigenvalue weighted by Gasteiger charge is -2.12. The van der Waals surface area contributed by atoms with Gasteiger partial charge in [0.1, 0.15) is 5.76 Å². The lowest BCUT2D eigenvalue weighted by Crippen LogP contribution is -2.25. The van der Waals surface area contributed by atoms with Crippen LogP contribution in [0.1, 0.15) is 59.0 Å². The highest BCUT2D eigenvalue weighted by Crippen LogP contribution is 2.20. The van der Waals surface area contributed by atoms with Gasteiger partial charge < -0.3 is 15.2 Å². The monoisotopic (exact) mass is 393 g/mol. The molecule has 0 unspecified atom stereocenters. The van der Waals surface area contributed by atoms with Crippen LogP contribution in [0.15, 0.2) is 46.6 Å². The van der Waals surface area contributed by atoms with E-state index in [1.807, 2.05) is 6.07 Å². The van der Waals surface area contributed by atoms with Gasteiger partial charge in [-0.25, -0.2) is 4.98 Å². The van der Waals surface area contributed by atoms with Crippen molar-refractivity contribution < 1.29 is 14.1 Å². The first-order valence-electron chi connectivity index (χ1n) is 9.79. The number of nitrogens with zero attached hydrogens (tertiary/aromatic N) is 3. The van der Waals surface area contributed by atoms with E-state index < -0.39 is 5.91 Å². The number of pyridine rings is 1. The molecule has 8 nitrogen and oxygen atoms in total. The largest absolute Gasteiger partial charge is 0.360 e. The van der Waals surface area contributed by atoms with Crippen molar-refractivity contribution in [2.45, 2.75) is 39.0 Å². The number of carbonyl (C=O) groups excluding carboxylic acids is 2. The number of rotatable bonds is 6. The van der Waals surface area contributed by atoms with Crippen molar-refractivity contribution >= 4 is 23.1 Å². The van der Waals surface area contributed by atoms with Crippen molar-refractivity contribution in [3.63, 3.8) is 0 Å². The van der Waals surface area contributed by atoms with Gasteiger partial charge in [-0.2, -0.15) is 0 Å². The molecule has 1 aliphatic carbocycles. The molecule has 3 aromatic heterocycles. The molecule has 0 fully saturated rings. The van der Waals surface area contributed by atoms with Gasteiger partial charge in [0, 0.05) is 18.8 Å². The molecule has 8 heteroatoms. The van der Waals surface area contributed by atoms with Crippen LogP contribution in [0.3, 0.4) is 0 Å². The van der Waals surface area contributed by atoms with Crippen LogP contribution in [-0.2, 0) is 0 Å². The number of fused-ring (bicyclic) bond motifs is 1. The Bertz CT molecular complexity index is 1080. The molecule has 150 valence electrons. The second kappa shape index (κ2) is 8.30. The first-order valence-corrected chi connectivity index (χ1v) is 9.79. The van der Waals surface area contributed by atoms with E-state index in [2.05, 4.69) is 26.9 Å². The van der Waals surface area contributed by atoms with Gasteiger partial charge in [-0.1, -0.05) is 22.9 Å². The lowest BCUT2D eigenvalue weighted by atomic mass is 9.97. The Balaban J connectivity index is 1.51. The van der Waals surface area contributed by atoms with Crippen LogP contribution in [0.4, 0.5) is 5.82 Å². The minimum Gasteiger partial charge on any atom is -0.360 e. The van der Waals surface area contributed by atoms with E-state index in [4.69, 9.17) is 4.52 Å². The number of allylic oxidation sites excluding steroid dienone is 1. The highest BCUT2D eigenvalue weighted by atomic mass is 16.5. The fraction of sp³-hybridized carbons (Fsp3) is 0.333. The molecule has 0 aliphatic heterocycles. The third-order valence-electron chi connectivity index (χ3n) is 4.95. The summed E-state index contributed by atoms with van der Waals surface area (Å²) in [6.45, 7) is 2.29. The third-order valence-corrected chi connectivity index (χ3v) is 4.95. The van der Waals surface area contributed by atoms with E-state index in [0.717, 1.165) is 19.3 Å². The number of carbonyl (C=O) groups is 2. The van der Waals surface area contributed by atoms with Crippen molar-refractivity contribution in [1.82, 2.24) is 19.9 Å². The Morgan fingerprint density at radius 2 is 2.14 bits per heavy atom. The number of aromatic nitrogens is 3. The fourth-order valence-electron chi connectivity index (χ4n) is 3.51. The van der Waals surface area contributed by atoms with Crippen LogP contribution in [0.25, 0.3) is 5.52 Å². The van der Waals surface area contributed by atoms with Crippen molar-refractivity contribution in [3.8, 4) is 0 Å². The molecule has 0 saturated carbocycles. The molecular formula is C21H23N5O3. The maximum Gasteiger partial charge on any atom is 0.293 e. The molecule has 2 amide bonds. The summed E-state index contributed by atoms with van der Waals surface area (Å²) < 4.78 is 6.56. The number of aryl methyl sites for hydroxylation is 1. The van der Waals surface area contributed by atoms with Gasteiger partial charge in [0.15, 0.2) is 11.5 Å². The Kier molecular flexibility index (Phi) is 5.41. The molecular weight excluding hydrogens is 370 g/mol. The zero-order valence-electron chi connectivity index (χ0n) is 16.3. The second-order valence-corrected chi connectivity index (χ2v) is 7.13. The Morgan fingerprint density at radius 3 is 2.90 bits per heavy atom. The number of hydrogen-bond donors (Lipinski definition) is 2. The van der Waals surface area contributed by atoms with Gasteiger partial charge in [0.2, 0.25) is 5.82 Å². The lowest BCUT2D eigenvalue weighted by molar-refractivity contribution is 0.0951. The van der Waals surface area contributed by atoms with Gasteiger partial charge in [0.05, 0.1) is 5.52 Å². The quantitative estimate of drug-likeness (QED) is 0.624. The Labute approximate surface area is 168 Å². The van der Waals surface area contributed by atoms with Gasteiger partial charge in [-0.3, -0.25) is 14.0 Å². The minimum atomic E-state index is -0.467. The van der Waals surface area contributed by atoms with Gasteiger partial charge >= 0.3 is 0 Å². The van der Waals surface area contributed by atoms with Crippen LogP contribution in [0, 0.1) is 6.92 Å². The van der Waals surface area contributed by atoms with E-state index >= 15 is 0 Å². The zero-order valence-corrected chi connectivity index (χ0v) is 16.3. The Hall–Kier alpha value is -3.42. The molecule has 0 atom stereocenters. The molecule has 0 aromatic carbocycles. The zero-order chi connectivity index (χ0) is 20.2. The van der Waals surface area contributed by atoms with Crippen LogP contribution < -0.4 is 10.6 Å². The third kappa shape index (κ3) is 4.21. The molecule has 0 spiro atoms. The number of amides is 2. The van der Waals surface area contributed by atoms with Crippen LogP contribution in [0.2, 0.25) is 0 Å². The first-order chi connectivity index (χ1) is 14.1. The summed E-state index contributed by atoms with van der Waals surface area (Å²) in [5, 5.41) is 9.33. The van der Waals surface area contributed by atoms with E-state index in [1.54, 1.807) is 35.7 Å². The number of imidazole rings is 1.